The van der Waals surface area contributed by atoms with Crippen LogP contribution >= 0.6 is 0 Å². The van der Waals surface area contributed by atoms with Crippen molar-refractivity contribution in [1.29, 1.82) is 0 Å². The number of rotatable bonds is 3. The van der Waals surface area contributed by atoms with Gasteiger partial charge in [-0.05, 0) is 16.3 Å². The summed E-state index contributed by atoms with van der Waals surface area (Å²) in [5.41, 5.74) is 3.51. The number of carbonyl (C=O) groups excluding carboxylic acids is 2. The first-order valence-corrected chi connectivity index (χ1v) is 6.32. The normalized spacial score (nSPS) is 18.4. The minimum absolute atomic E-state index is 0.0378. The molecule has 5 heteroatoms. The molecule has 1 atom stereocenters. The lowest BCUT2D eigenvalue weighted by Crippen LogP contribution is -2.62. The largest absolute Gasteiger partial charge is 0.468 e. The van der Waals surface area contributed by atoms with Crippen molar-refractivity contribution in [2.45, 2.75) is 6.04 Å². The Labute approximate surface area is 116 Å². The van der Waals surface area contributed by atoms with Gasteiger partial charge >= 0.3 is 5.97 Å². The van der Waals surface area contributed by atoms with Gasteiger partial charge in [-0.15, -0.1) is 0 Å². The Kier molecular flexibility index (Phi) is 3.12. The number of carbonyl (C=O) groups is 2. The van der Waals surface area contributed by atoms with Crippen LogP contribution in [0.2, 0.25) is 0 Å². The number of esters is 1. The number of hydrogen-bond donors (Lipinski definition) is 1. The lowest BCUT2D eigenvalue weighted by molar-refractivity contribution is -0.157. The monoisotopic (exact) mass is 270 g/mol. The Hall–Kier alpha value is -2.40. The fourth-order valence-electron chi connectivity index (χ4n) is 2.48. The fraction of sp³-hybridized carbons (Fsp3) is 0.200. The smallest absolute Gasteiger partial charge is 0.321 e. The summed E-state index contributed by atoms with van der Waals surface area (Å²) in [7, 11) is 1.33. The van der Waals surface area contributed by atoms with Gasteiger partial charge in [0.25, 0.3) is 5.91 Å². The summed E-state index contributed by atoms with van der Waals surface area (Å²) in [6.45, 7) is 0.0378. The zero-order valence-electron chi connectivity index (χ0n) is 11.0. The quantitative estimate of drug-likeness (QED) is 0.857. The summed E-state index contributed by atoms with van der Waals surface area (Å²) in [6.07, 6.45) is 0. The molecule has 1 unspecified atom stereocenters. The van der Waals surface area contributed by atoms with Gasteiger partial charge in [-0.3, -0.25) is 15.0 Å². The molecule has 0 aliphatic carbocycles. The van der Waals surface area contributed by atoms with E-state index in [1.165, 1.54) is 7.11 Å². The van der Waals surface area contributed by atoms with Gasteiger partial charge in [-0.2, -0.15) is 5.01 Å². The first-order chi connectivity index (χ1) is 9.70. The number of benzene rings is 2. The zero-order chi connectivity index (χ0) is 14.1. The molecule has 2 aromatic rings. The Bertz CT molecular complexity index is 678. The maximum Gasteiger partial charge on any atom is 0.321 e. The van der Waals surface area contributed by atoms with Crippen LogP contribution in [0.1, 0.15) is 11.6 Å². The molecular weight excluding hydrogens is 256 g/mol. The highest BCUT2D eigenvalue weighted by molar-refractivity contribution is 5.95. The van der Waals surface area contributed by atoms with Crippen LogP contribution in [0.15, 0.2) is 42.5 Å². The molecule has 3 rings (SSSR count). The van der Waals surface area contributed by atoms with Gasteiger partial charge in [0.05, 0.1) is 7.11 Å². The van der Waals surface area contributed by atoms with E-state index in [0.29, 0.717) is 0 Å². The molecule has 20 heavy (non-hydrogen) atoms. The van der Waals surface area contributed by atoms with Crippen LogP contribution in [0, 0.1) is 0 Å². The summed E-state index contributed by atoms with van der Waals surface area (Å²) in [6, 6.07) is 13.3. The molecule has 1 heterocycles. The van der Waals surface area contributed by atoms with Crippen molar-refractivity contribution in [3.8, 4) is 0 Å². The Morgan fingerprint density at radius 3 is 2.75 bits per heavy atom. The molecule has 102 valence electrons. The van der Waals surface area contributed by atoms with Crippen molar-refractivity contribution in [2.75, 3.05) is 13.7 Å². The van der Waals surface area contributed by atoms with Gasteiger partial charge < -0.3 is 4.74 Å². The van der Waals surface area contributed by atoms with Crippen molar-refractivity contribution in [3.63, 3.8) is 0 Å². The predicted octanol–water partition coefficient (Wildman–Crippen LogP) is 1.40. The molecule has 2 aromatic carbocycles. The topological polar surface area (TPSA) is 58.6 Å². The standard InChI is InChI=1S/C15H14N2O3/c1-20-13(18)9-17-14(15(19)16-17)12-8-4-6-10-5-2-3-7-11(10)12/h2-8,14H,9H2,1H3,(H,16,19). The molecule has 0 spiro atoms. The molecular formula is C15H14N2O3. The van der Waals surface area contributed by atoms with Gasteiger partial charge in [0.15, 0.2) is 0 Å². The molecule has 5 nitrogen and oxygen atoms in total. The maximum absolute atomic E-state index is 11.9. The van der Waals surface area contributed by atoms with E-state index in [1.807, 2.05) is 42.5 Å². The number of hydrogen-bond acceptors (Lipinski definition) is 4. The highest BCUT2D eigenvalue weighted by Gasteiger charge is 2.40. The van der Waals surface area contributed by atoms with E-state index < -0.39 is 6.04 Å². The fourth-order valence-corrected chi connectivity index (χ4v) is 2.48. The summed E-state index contributed by atoms with van der Waals surface area (Å²) in [5, 5.41) is 3.68. The Balaban J connectivity index is 1.97. The number of nitrogens with one attached hydrogen (secondary N) is 1. The lowest BCUT2D eigenvalue weighted by atomic mass is 9.96. The van der Waals surface area contributed by atoms with E-state index in [-0.39, 0.29) is 18.4 Å². The van der Waals surface area contributed by atoms with Gasteiger partial charge in [-0.25, -0.2) is 0 Å². The number of fused-ring (bicyclic) bond motifs is 1. The van der Waals surface area contributed by atoms with Crippen LogP contribution in [-0.2, 0) is 14.3 Å². The second kappa shape index (κ2) is 4.94. The lowest BCUT2D eigenvalue weighted by Gasteiger charge is -2.39. The van der Waals surface area contributed by atoms with Crippen LogP contribution in [0.5, 0.6) is 0 Å². The van der Waals surface area contributed by atoms with E-state index in [1.54, 1.807) is 5.01 Å². The molecule has 1 N–H and O–H groups in total. The van der Waals surface area contributed by atoms with Gasteiger partial charge in [-0.1, -0.05) is 42.5 Å². The third kappa shape index (κ3) is 2.02. The average Bonchev–Trinajstić information content (AvgIpc) is 2.47. The van der Waals surface area contributed by atoms with E-state index in [2.05, 4.69) is 10.2 Å². The number of nitrogens with zero attached hydrogens (tertiary/aromatic N) is 1. The third-order valence-corrected chi connectivity index (χ3v) is 3.46. The predicted molar refractivity (Wildman–Crippen MR) is 73.6 cm³/mol. The Morgan fingerprint density at radius 1 is 1.25 bits per heavy atom. The first kappa shape index (κ1) is 12.6. The van der Waals surface area contributed by atoms with Gasteiger partial charge in [0.2, 0.25) is 0 Å². The summed E-state index contributed by atoms with van der Waals surface area (Å²) in [5.74, 6) is -0.486. The number of methoxy groups -OCH3 is 1. The summed E-state index contributed by atoms with van der Waals surface area (Å²) in [4.78, 5) is 23.2. The van der Waals surface area contributed by atoms with Crippen LogP contribution in [0.4, 0.5) is 0 Å². The van der Waals surface area contributed by atoms with Gasteiger partial charge in [0.1, 0.15) is 12.6 Å². The van der Waals surface area contributed by atoms with Crippen LogP contribution in [0.3, 0.4) is 0 Å². The highest BCUT2D eigenvalue weighted by atomic mass is 16.5. The summed E-state index contributed by atoms with van der Waals surface area (Å²) < 4.78 is 4.63. The van der Waals surface area contributed by atoms with Crippen LogP contribution in [-0.4, -0.2) is 30.5 Å². The highest BCUT2D eigenvalue weighted by Crippen LogP contribution is 2.31. The number of amides is 1. The maximum atomic E-state index is 11.9. The number of ether oxygens (including phenoxy) is 1. The Morgan fingerprint density at radius 2 is 2.00 bits per heavy atom. The first-order valence-electron chi connectivity index (χ1n) is 6.32. The van der Waals surface area contributed by atoms with Crippen molar-refractivity contribution >= 4 is 22.6 Å². The van der Waals surface area contributed by atoms with Crippen LogP contribution in [0.25, 0.3) is 10.8 Å². The van der Waals surface area contributed by atoms with Crippen molar-refractivity contribution < 1.29 is 14.3 Å². The summed E-state index contributed by atoms with van der Waals surface area (Å²) >= 11 is 0. The molecule has 1 saturated heterocycles. The molecule has 1 fully saturated rings. The molecule has 1 amide bonds. The molecule has 0 saturated carbocycles. The SMILES string of the molecule is COC(=O)CN1NC(=O)C1c1cccc2ccccc12. The zero-order valence-corrected chi connectivity index (χ0v) is 11.0. The van der Waals surface area contributed by atoms with E-state index >= 15 is 0 Å². The van der Waals surface area contributed by atoms with Gasteiger partial charge in [0, 0.05) is 0 Å². The average molecular weight is 270 g/mol. The minimum atomic E-state index is -0.444. The second-order valence-corrected chi connectivity index (χ2v) is 4.65. The van der Waals surface area contributed by atoms with E-state index in [0.717, 1.165) is 16.3 Å². The van der Waals surface area contributed by atoms with Crippen molar-refractivity contribution in [1.82, 2.24) is 10.4 Å². The molecule has 0 bridgehead atoms. The molecule has 0 radical (unpaired) electrons. The molecule has 1 aliphatic rings. The van der Waals surface area contributed by atoms with Crippen LogP contribution < -0.4 is 5.43 Å². The number of hydrazine groups is 1. The van der Waals surface area contributed by atoms with E-state index in [9.17, 15) is 9.59 Å². The van der Waals surface area contributed by atoms with Crippen molar-refractivity contribution in [2.24, 2.45) is 0 Å². The molecule has 0 aromatic heterocycles. The van der Waals surface area contributed by atoms with Crippen molar-refractivity contribution in [3.05, 3.63) is 48.0 Å². The second-order valence-electron chi connectivity index (χ2n) is 4.65. The van der Waals surface area contributed by atoms with E-state index in [4.69, 9.17) is 0 Å². The molecule has 1 aliphatic heterocycles. The minimum Gasteiger partial charge on any atom is -0.468 e. The third-order valence-electron chi connectivity index (χ3n) is 3.46.